The van der Waals surface area contributed by atoms with Crippen molar-refractivity contribution in [3.63, 3.8) is 0 Å². The van der Waals surface area contributed by atoms with Crippen LogP contribution in [-0.2, 0) is 0 Å². The van der Waals surface area contributed by atoms with E-state index in [-0.39, 0.29) is 0 Å². The van der Waals surface area contributed by atoms with E-state index in [1.54, 1.807) is 6.20 Å². The first-order valence-corrected chi connectivity index (χ1v) is 5.82. The molecule has 2 aromatic heterocycles. The van der Waals surface area contributed by atoms with E-state index >= 15 is 0 Å². The summed E-state index contributed by atoms with van der Waals surface area (Å²) in [5, 5.41) is 10.8. The van der Waals surface area contributed by atoms with E-state index in [2.05, 4.69) is 51.2 Å². The molecule has 0 saturated heterocycles. The number of anilines is 2. The lowest BCUT2D eigenvalue weighted by Gasteiger charge is -2.26. The third-order valence-corrected chi connectivity index (χ3v) is 2.75. The summed E-state index contributed by atoms with van der Waals surface area (Å²) in [5.74, 6) is 1.53. The van der Waals surface area contributed by atoms with E-state index in [0.29, 0.717) is 12.0 Å². The molecule has 6 nitrogen and oxygen atoms in total. The monoisotopic (exact) mass is 234 g/mol. The normalized spacial score (nSPS) is 11.1. The van der Waals surface area contributed by atoms with Crippen LogP contribution in [0, 0.1) is 0 Å². The van der Waals surface area contributed by atoms with Crippen molar-refractivity contribution in [1.82, 2.24) is 20.2 Å². The third kappa shape index (κ3) is 2.02. The van der Waals surface area contributed by atoms with Gasteiger partial charge in [0.1, 0.15) is 5.82 Å². The van der Waals surface area contributed by atoms with E-state index in [9.17, 15) is 0 Å². The van der Waals surface area contributed by atoms with Gasteiger partial charge in [-0.15, -0.1) is 0 Å². The quantitative estimate of drug-likeness (QED) is 0.841. The highest BCUT2D eigenvalue weighted by Crippen LogP contribution is 2.24. The maximum absolute atomic E-state index is 4.53. The number of rotatable bonds is 4. The molecule has 0 spiro atoms. The summed E-state index contributed by atoms with van der Waals surface area (Å²) in [4.78, 5) is 11.1. The van der Waals surface area contributed by atoms with E-state index < -0.39 is 0 Å². The minimum Gasteiger partial charge on any atom is -0.357 e. The van der Waals surface area contributed by atoms with Crippen LogP contribution in [0.1, 0.15) is 20.8 Å². The molecule has 2 heterocycles. The van der Waals surface area contributed by atoms with Crippen molar-refractivity contribution < 1.29 is 0 Å². The summed E-state index contributed by atoms with van der Waals surface area (Å²) in [6.45, 7) is 7.32. The van der Waals surface area contributed by atoms with Crippen molar-refractivity contribution in [2.75, 3.05) is 23.8 Å². The molecule has 0 saturated carbocycles. The zero-order valence-corrected chi connectivity index (χ0v) is 10.7. The van der Waals surface area contributed by atoms with Crippen molar-refractivity contribution in [1.29, 1.82) is 0 Å². The van der Waals surface area contributed by atoms with Crippen molar-refractivity contribution >= 4 is 22.8 Å². The van der Waals surface area contributed by atoms with Crippen LogP contribution in [-0.4, -0.2) is 39.8 Å². The summed E-state index contributed by atoms with van der Waals surface area (Å²) < 4.78 is 0. The maximum Gasteiger partial charge on any atom is 0.226 e. The summed E-state index contributed by atoms with van der Waals surface area (Å²) >= 11 is 0. The van der Waals surface area contributed by atoms with Gasteiger partial charge >= 0.3 is 0 Å². The Labute approximate surface area is 100 Å². The van der Waals surface area contributed by atoms with Gasteiger partial charge in [-0.25, -0.2) is 0 Å². The van der Waals surface area contributed by atoms with Gasteiger partial charge in [-0.1, -0.05) is 0 Å². The fourth-order valence-corrected chi connectivity index (χ4v) is 1.91. The zero-order valence-electron chi connectivity index (χ0n) is 10.7. The highest BCUT2D eigenvalue weighted by molar-refractivity contribution is 5.87. The number of hydrogen-bond donors (Lipinski definition) is 2. The molecule has 2 rings (SSSR count). The fraction of sp³-hybridized carbons (Fsp3) is 0.545. The van der Waals surface area contributed by atoms with Crippen molar-refractivity contribution in [2.24, 2.45) is 0 Å². The molecule has 0 atom stereocenters. The Morgan fingerprint density at radius 3 is 2.76 bits per heavy atom. The number of aromatic nitrogens is 4. The molecule has 0 aliphatic carbocycles. The van der Waals surface area contributed by atoms with Gasteiger partial charge in [0.05, 0.1) is 11.6 Å². The first-order valence-electron chi connectivity index (χ1n) is 5.82. The molecule has 2 N–H and O–H groups in total. The topological polar surface area (TPSA) is 69.7 Å². The van der Waals surface area contributed by atoms with Gasteiger partial charge in [-0.05, 0) is 20.8 Å². The number of nitrogens with one attached hydrogen (secondary N) is 2. The van der Waals surface area contributed by atoms with E-state index in [0.717, 1.165) is 23.4 Å². The SMILES string of the molecule is CCN(c1nc(NC)nc2[nH]ncc12)C(C)C. The zero-order chi connectivity index (χ0) is 12.4. The van der Waals surface area contributed by atoms with Gasteiger partial charge in [0.25, 0.3) is 0 Å². The van der Waals surface area contributed by atoms with E-state index in [1.165, 1.54) is 0 Å². The molecule has 2 aromatic rings. The second-order valence-corrected chi connectivity index (χ2v) is 4.13. The Balaban J connectivity index is 2.60. The van der Waals surface area contributed by atoms with Crippen LogP contribution in [0.15, 0.2) is 6.20 Å². The molecule has 0 unspecified atom stereocenters. The van der Waals surface area contributed by atoms with Gasteiger partial charge < -0.3 is 10.2 Å². The lowest BCUT2D eigenvalue weighted by Crippen LogP contribution is -2.31. The Morgan fingerprint density at radius 2 is 2.18 bits per heavy atom. The summed E-state index contributed by atoms with van der Waals surface area (Å²) in [7, 11) is 1.81. The van der Waals surface area contributed by atoms with Gasteiger partial charge in [0.2, 0.25) is 5.95 Å². The van der Waals surface area contributed by atoms with Gasteiger partial charge in [0.15, 0.2) is 5.65 Å². The summed E-state index contributed by atoms with van der Waals surface area (Å²) in [6, 6.07) is 0.387. The van der Waals surface area contributed by atoms with Crippen LogP contribution in [0.5, 0.6) is 0 Å². The standard InChI is InChI=1S/C11H18N6/c1-5-17(7(2)3)10-8-6-13-16-9(8)14-11(12-4)15-10/h6-7H,5H2,1-4H3,(H2,12,13,14,15,16). The third-order valence-electron chi connectivity index (χ3n) is 2.75. The minimum absolute atomic E-state index is 0.387. The van der Waals surface area contributed by atoms with E-state index in [4.69, 9.17) is 0 Å². The van der Waals surface area contributed by atoms with Crippen LogP contribution >= 0.6 is 0 Å². The minimum atomic E-state index is 0.387. The predicted octanol–water partition coefficient (Wildman–Crippen LogP) is 1.63. The molecule has 0 amide bonds. The molecule has 92 valence electrons. The molecule has 17 heavy (non-hydrogen) atoms. The first kappa shape index (κ1) is 11.6. The van der Waals surface area contributed by atoms with Gasteiger partial charge in [-0.3, -0.25) is 5.10 Å². The highest BCUT2D eigenvalue weighted by atomic mass is 15.3. The molecule has 0 radical (unpaired) electrons. The summed E-state index contributed by atoms with van der Waals surface area (Å²) in [6.07, 6.45) is 1.77. The molecular weight excluding hydrogens is 216 g/mol. The fourth-order valence-electron chi connectivity index (χ4n) is 1.91. The lowest BCUT2D eigenvalue weighted by atomic mass is 10.3. The molecule has 0 aliphatic rings. The number of aromatic amines is 1. The van der Waals surface area contributed by atoms with Gasteiger partial charge in [0, 0.05) is 19.6 Å². The Kier molecular flexibility index (Phi) is 3.12. The molecule has 0 aliphatic heterocycles. The van der Waals surface area contributed by atoms with Crippen LogP contribution < -0.4 is 10.2 Å². The molecule has 0 fully saturated rings. The molecule has 0 aromatic carbocycles. The van der Waals surface area contributed by atoms with E-state index in [1.807, 2.05) is 7.05 Å². The van der Waals surface area contributed by atoms with Crippen molar-refractivity contribution in [3.05, 3.63) is 6.20 Å². The van der Waals surface area contributed by atoms with Crippen LogP contribution in [0.3, 0.4) is 0 Å². The number of H-pyrrole nitrogens is 1. The average molecular weight is 234 g/mol. The van der Waals surface area contributed by atoms with Crippen LogP contribution in [0.2, 0.25) is 0 Å². The number of hydrogen-bond acceptors (Lipinski definition) is 5. The Hall–Kier alpha value is -1.85. The average Bonchev–Trinajstić information content (AvgIpc) is 2.77. The van der Waals surface area contributed by atoms with Crippen molar-refractivity contribution in [2.45, 2.75) is 26.8 Å². The largest absolute Gasteiger partial charge is 0.357 e. The van der Waals surface area contributed by atoms with Crippen molar-refractivity contribution in [3.8, 4) is 0 Å². The maximum atomic E-state index is 4.53. The summed E-state index contributed by atoms with van der Waals surface area (Å²) in [5.41, 5.74) is 0.762. The predicted molar refractivity (Wildman–Crippen MR) is 69.4 cm³/mol. The first-order chi connectivity index (χ1) is 8.17. The second kappa shape index (κ2) is 4.57. The lowest BCUT2D eigenvalue weighted by molar-refractivity contribution is 0.696. The Bertz CT molecular complexity index is 504. The highest BCUT2D eigenvalue weighted by Gasteiger charge is 2.16. The Morgan fingerprint density at radius 1 is 1.41 bits per heavy atom. The second-order valence-electron chi connectivity index (χ2n) is 4.13. The van der Waals surface area contributed by atoms with Gasteiger partial charge in [-0.2, -0.15) is 15.1 Å². The molecular formula is C11H18N6. The number of nitrogens with zero attached hydrogens (tertiary/aromatic N) is 4. The van der Waals surface area contributed by atoms with Crippen LogP contribution in [0.25, 0.3) is 11.0 Å². The molecule has 0 bridgehead atoms. The van der Waals surface area contributed by atoms with Crippen LogP contribution in [0.4, 0.5) is 11.8 Å². The number of fused-ring (bicyclic) bond motifs is 1. The smallest absolute Gasteiger partial charge is 0.226 e. The molecule has 6 heteroatoms.